The van der Waals surface area contributed by atoms with Gasteiger partial charge in [-0.2, -0.15) is 10.2 Å². The quantitative estimate of drug-likeness (QED) is 0.301. The Kier molecular flexibility index (Phi) is 8.27. The van der Waals surface area contributed by atoms with Gasteiger partial charge in [-0.15, -0.1) is 0 Å². The van der Waals surface area contributed by atoms with Gasteiger partial charge in [0.05, 0.1) is 22.6 Å². The molecule has 0 saturated heterocycles. The molecule has 2 heterocycles. The number of benzene rings is 2. The maximum Gasteiger partial charge on any atom is 0.296 e. The van der Waals surface area contributed by atoms with Crippen LogP contribution in [0.3, 0.4) is 0 Å². The number of aromatic hydroxyl groups is 1. The van der Waals surface area contributed by atoms with Crippen molar-refractivity contribution in [1.29, 1.82) is 5.26 Å². The Morgan fingerprint density at radius 2 is 1.74 bits per heavy atom. The van der Waals surface area contributed by atoms with Gasteiger partial charge in [0.25, 0.3) is 5.56 Å². The summed E-state index contributed by atoms with van der Waals surface area (Å²) < 4.78 is 28.9. The van der Waals surface area contributed by atoms with Gasteiger partial charge in [0.15, 0.2) is 4.90 Å². The third-order valence-corrected chi connectivity index (χ3v) is 8.55. The maximum absolute atomic E-state index is 13.7. The summed E-state index contributed by atoms with van der Waals surface area (Å²) in [5, 5.41) is 20.6. The lowest BCUT2D eigenvalue weighted by atomic mass is 10.0. The molecular formula is C30H30N4O4S. The highest BCUT2D eigenvalue weighted by molar-refractivity contribution is 7.91. The van der Waals surface area contributed by atoms with E-state index in [-0.39, 0.29) is 4.90 Å². The van der Waals surface area contributed by atoms with Crippen molar-refractivity contribution in [1.82, 2.24) is 14.5 Å². The van der Waals surface area contributed by atoms with E-state index in [1.54, 1.807) is 48.7 Å². The summed E-state index contributed by atoms with van der Waals surface area (Å²) in [6.07, 6.45) is 4.10. The van der Waals surface area contributed by atoms with Crippen LogP contribution >= 0.6 is 0 Å². The third-order valence-electron chi connectivity index (χ3n) is 6.76. The summed E-state index contributed by atoms with van der Waals surface area (Å²) in [6.45, 7) is 5.76. The number of sulfone groups is 1. The highest BCUT2D eigenvalue weighted by atomic mass is 32.2. The first kappa shape index (κ1) is 27.7. The third kappa shape index (κ3) is 5.47. The molecular weight excluding hydrogens is 512 g/mol. The smallest absolute Gasteiger partial charge is 0.296 e. The van der Waals surface area contributed by atoms with Gasteiger partial charge in [-0.25, -0.2) is 8.42 Å². The minimum Gasteiger partial charge on any atom is -0.493 e. The fourth-order valence-corrected chi connectivity index (χ4v) is 6.04. The SMILES string of the molecule is CCCCc1nc(=O)c(S(=O)(=O)c2ccc(-c3cccnc3C)cc2)c(O)n1C(CC)c1ccc(C#N)cc1. The van der Waals surface area contributed by atoms with Gasteiger partial charge >= 0.3 is 0 Å². The average molecular weight is 543 g/mol. The molecule has 0 saturated carbocycles. The molecule has 200 valence electrons. The van der Waals surface area contributed by atoms with Gasteiger partial charge in [0, 0.05) is 23.9 Å². The van der Waals surface area contributed by atoms with E-state index in [0.29, 0.717) is 30.7 Å². The zero-order chi connectivity index (χ0) is 28.2. The van der Waals surface area contributed by atoms with Crippen LogP contribution < -0.4 is 5.56 Å². The molecule has 0 bridgehead atoms. The largest absolute Gasteiger partial charge is 0.493 e. The number of hydrogen-bond donors (Lipinski definition) is 1. The number of hydrogen-bond acceptors (Lipinski definition) is 7. The van der Waals surface area contributed by atoms with Crippen LogP contribution in [-0.4, -0.2) is 28.1 Å². The molecule has 9 heteroatoms. The molecule has 0 spiro atoms. The lowest BCUT2D eigenvalue weighted by molar-refractivity contribution is 0.358. The van der Waals surface area contributed by atoms with Gasteiger partial charge in [-0.3, -0.25) is 14.3 Å². The second-order valence-electron chi connectivity index (χ2n) is 9.28. The van der Waals surface area contributed by atoms with Gasteiger partial charge in [0.2, 0.25) is 15.7 Å². The zero-order valence-electron chi connectivity index (χ0n) is 22.1. The normalized spacial score (nSPS) is 12.2. The number of pyridine rings is 1. The van der Waals surface area contributed by atoms with Crippen molar-refractivity contribution in [3.05, 3.63) is 99.9 Å². The van der Waals surface area contributed by atoms with E-state index < -0.39 is 32.2 Å². The van der Waals surface area contributed by atoms with E-state index in [2.05, 4.69) is 16.0 Å². The van der Waals surface area contributed by atoms with Crippen molar-refractivity contribution >= 4 is 9.84 Å². The number of nitriles is 1. The average Bonchev–Trinajstić information content (AvgIpc) is 2.94. The van der Waals surface area contributed by atoms with Crippen LogP contribution in [-0.2, 0) is 16.3 Å². The highest BCUT2D eigenvalue weighted by Gasteiger charge is 2.31. The predicted molar refractivity (Wildman–Crippen MR) is 148 cm³/mol. The Labute approximate surface area is 228 Å². The molecule has 1 atom stereocenters. The first-order valence-electron chi connectivity index (χ1n) is 12.8. The van der Waals surface area contributed by atoms with Crippen molar-refractivity contribution in [2.24, 2.45) is 0 Å². The number of rotatable bonds is 9. The first-order valence-corrected chi connectivity index (χ1v) is 14.3. The number of nitrogens with zero attached hydrogens (tertiary/aromatic N) is 4. The Hall–Kier alpha value is -4.29. The van der Waals surface area contributed by atoms with E-state index in [9.17, 15) is 23.6 Å². The van der Waals surface area contributed by atoms with Crippen LogP contribution in [0, 0.1) is 18.3 Å². The van der Waals surface area contributed by atoms with Crippen LogP contribution in [0.5, 0.6) is 5.88 Å². The minimum atomic E-state index is -4.41. The summed E-state index contributed by atoms with van der Waals surface area (Å²) in [7, 11) is -4.41. The van der Waals surface area contributed by atoms with Crippen molar-refractivity contribution in [2.45, 2.75) is 62.3 Å². The summed E-state index contributed by atoms with van der Waals surface area (Å²) in [6, 6.07) is 18.3. The molecule has 8 nitrogen and oxygen atoms in total. The lowest BCUT2D eigenvalue weighted by Gasteiger charge is -2.25. The molecule has 0 aliphatic carbocycles. The van der Waals surface area contributed by atoms with Crippen molar-refractivity contribution < 1.29 is 13.5 Å². The van der Waals surface area contributed by atoms with Gasteiger partial charge < -0.3 is 5.11 Å². The van der Waals surface area contributed by atoms with E-state index in [1.807, 2.05) is 26.8 Å². The minimum absolute atomic E-state index is 0.124. The van der Waals surface area contributed by atoms with Crippen LogP contribution in [0.15, 0.2) is 81.4 Å². The predicted octanol–water partition coefficient (Wildman–Crippen LogP) is 5.37. The molecule has 0 aliphatic rings. The second kappa shape index (κ2) is 11.6. The van der Waals surface area contributed by atoms with Crippen molar-refractivity contribution in [3.63, 3.8) is 0 Å². The Balaban J connectivity index is 1.86. The molecule has 0 amide bonds. The van der Waals surface area contributed by atoms with E-state index in [0.717, 1.165) is 28.8 Å². The van der Waals surface area contributed by atoms with Gasteiger partial charge in [-0.1, -0.05) is 50.6 Å². The molecule has 0 radical (unpaired) electrons. The molecule has 2 aromatic carbocycles. The van der Waals surface area contributed by atoms with Crippen LogP contribution in [0.25, 0.3) is 11.1 Å². The number of unbranched alkanes of at least 4 members (excludes halogenated alkanes) is 1. The van der Waals surface area contributed by atoms with Crippen LogP contribution in [0.1, 0.15) is 61.8 Å². The summed E-state index contributed by atoms with van der Waals surface area (Å²) >= 11 is 0. The van der Waals surface area contributed by atoms with Crippen molar-refractivity contribution in [2.75, 3.05) is 0 Å². The molecule has 1 unspecified atom stereocenters. The molecule has 39 heavy (non-hydrogen) atoms. The van der Waals surface area contributed by atoms with Crippen molar-refractivity contribution in [3.8, 4) is 23.1 Å². The first-order chi connectivity index (χ1) is 18.7. The Bertz CT molecular complexity index is 1690. The summed E-state index contributed by atoms with van der Waals surface area (Å²) in [5.74, 6) is -0.318. The summed E-state index contributed by atoms with van der Waals surface area (Å²) in [5.41, 5.74) is 2.69. The lowest BCUT2D eigenvalue weighted by Crippen LogP contribution is -2.27. The second-order valence-corrected chi connectivity index (χ2v) is 11.2. The molecule has 4 rings (SSSR count). The zero-order valence-corrected chi connectivity index (χ0v) is 22.9. The Morgan fingerprint density at radius 3 is 2.33 bits per heavy atom. The molecule has 1 N–H and O–H groups in total. The van der Waals surface area contributed by atoms with Crippen LogP contribution in [0.4, 0.5) is 0 Å². The summed E-state index contributed by atoms with van der Waals surface area (Å²) in [4.78, 5) is 20.7. The molecule has 0 fully saturated rings. The van der Waals surface area contributed by atoms with E-state index in [1.165, 1.54) is 16.7 Å². The molecule has 4 aromatic rings. The van der Waals surface area contributed by atoms with Crippen LogP contribution in [0.2, 0.25) is 0 Å². The topological polar surface area (TPSA) is 126 Å². The van der Waals surface area contributed by atoms with E-state index >= 15 is 0 Å². The Morgan fingerprint density at radius 1 is 1.05 bits per heavy atom. The maximum atomic E-state index is 13.7. The standard InChI is InChI=1S/C30H30N4O4S/c1-4-6-9-27-33-29(35)28(30(36)34(27)26(5-2)23-12-10-21(19-31)11-13-23)39(37,38)24-16-14-22(15-17-24)25-8-7-18-32-20(25)3/h7-8,10-18,26,36H,4-6,9H2,1-3H3. The highest BCUT2D eigenvalue weighted by Crippen LogP contribution is 2.34. The van der Waals surface area contributed by atoms with Gasteiger partial charge in [0.1, 0.15) is 5.82 Å². The fraction of sp³-hybridized carbons (Fsp3) is 0.267. The number of aromatic nitrogens is 3. The molecule has 2 aromatic heterocycles. The van der Waals surface area contributed by atoms with Gasteiger partial charge in [-0.05, 0) is 61.2 Å². The monoisotopic (exact) mass is 542 g/mol. The number of aryl methyl sites for hydroxylation is 2. The fourth-order valence-electron chi connectivity index (χ4n) is 4.69. The molecule has 0 aliphatic heterocycles. The van der Waals surface area contributed by atoms with E-state index in [4.69, 9.17) is 0 Å².